The van der Waals surface area contributed by atoms with Crippen LogP contribution in [-0.2, 0) is 20.2 Å². The van der Waals surface area contributed by atoms with Gasteiger partial charge in [0.05, 0.1) is 29.9 Å². The molecule has 4 fully saturated rings. The molecule has 4 unspecified atom stereocenters. The molecule has 0 spiro atoms. The molecule has 0 radical (unpaired) electrons. The number of alkyl halides is 3. The van der Waals surface area contributed by atoms with Gasteiger partial charge in [0.2, 0.25) is 10.0 Å². The van der Waals surface area contributed by atoms with Crippen molar-refractivity contribution in [3.8, 4) is 0 Å². The average Bonchev–Trinajstić information content (AvgIpc) is 3.51. The Morgan fingerprint density at radius 2 is 1.91 bits per heavy atom. The Balaban J connectivity index is 1.44. The van der Waals surface area contributed by atoms with Gasteiger partial charge in [-0.2, -0.15) is 17.5 Å². The lowest BCUT2D eigenvalue weighted by atomic mass is 9.78. The Morgan fingerprint density at radius 3 is 2.66 bits per heavy atom. The van der Waals surface area contributed by atoms with Crippen LogP contribution in [0.4, 0.5) is 22.0 Å². The molecular formula is C22H26F5NO3S. The summed E-state index contributed by atoms with van der Waals surface area (Å²) < 4.78 is 103. The van der Waals surface area contributed by atoms with E-state index in [1.807, 2.05) is 0 Å². The normalized spacial score (nSPS) is 38.1. The molecule has 0 bridgehead atoms. The predicted molar refractivity (Wildman–Crippen MR) is 106 cm³/mol. The topological polar surface area (TPSA) is 46.6 Å². The Labute approximate surface area is 184 Å². The molecule has 0 N–H and O–H groups in total. The summed E-state index contributed by atoms with van der Waals surface area (Å²) in [4.78, 5) is 0. The van der Waals surface area contributed by atoms with Crippen LogP contribution in [0, 0.1) is 23.5 Å². The van der Waals surface area contributed by atoms with E-state index in [1.165, 1.54) is 10.4 Å². The maximum absolute atomic E-state index is 14.6. The van der Waals surface area contributed by atoms with Crippen molar-refractivity contribution in [2.45, 2.75) is 73.9 Å². The van der Waals surface area contributed by atoms with Crippen molar-refractivity contribution < 1.29 is 35.1 Å². The van der Waals surface area contributed by atoms with Crippen LogP contribution in [0.5, 0.6) is 0 Å². The third-order valence-electron chi connectivity index (χ3n) is 8.08. The fourth-order valence-corrected chi connectivity index (χ4v) is 8.71. The minimum absolute atomic E-state index is 0.0464. The maximum Gasteiger partial charge on any atom is 0.391 e. The lowest BCUT2D eigenvalue weighted by Crippen LogP contribution is -2.59. The first kappa shape index (κ1) is 22.5. The predicted octanol–water partition coefficient (Wildman–Crippen LogP) is 4.54. The van der Waals surface area contributed by atoms with E-state index >= 15 is 0 Å². The summed E-state index contributed by atoms with van der Waals surface area (Å²) in [5.41, 5.74) is -0.387. The molecule has 1 aliphatic heterocycles. The molecular weight excluding hydrogens is 453 g/mol. The monoisotopic (exact) mass is 479 g/mol. The van der Waals surface area contributed by atoms with E-state index in [9.17, 15) is 30.4 Å². The third kappa shape index (κ3) is 3.57. The van der Waals surface area contributed by atoms with E-state index in [4.69, 9.17) is 4.74 Å². The van der Waals surface area contributed by atoms with Crippen molar-refractivity contribution in [2.75, 3.05) is 13.2 Å². The van der Waals surface area contributed by atoms with Gasteiger partial charge in [0, 0.05) is 12.0 Å². The third-order valence-corrected chi connectivity index (χ3v) is 10.4. The number of hydrogen-bond donors (Lipinski definition) is 0. The fourth-order valence-electron chi connectivity index (χ4n) is 6.43. The summed E-state index contributed by atoms with van der Waals surface area (Å²) in [5, 5.41) is -1.08. The highest BCUT2D eigenvalue weighted by Crippen LogP contribution is 2.65. The minimum atomic E-state index is -4.41. The van der Waals surface area contributed by atoms with Gasteiger partial charge in [-0.25, -0.2) is 17.2 Å². The van der Waals surface area contributed by atoms with Crippen LogP contribution in [0.2, 0.25) is 0 Å². The van der Waals surface area contributed by atoms with Crippen molar-refractivity contribution in [2.24, 2.45) is 11.8 Å². The SMILES string of the molecule is O=S(=O)([C@@H]1CCCC(C(F)(F)F)C1)N1CCOC2CCC3(c4cc(F)ccc4F)C[C@@H]3C21. The second-order valence-corrected chi connectivity index (χ2v) is 11.9. The zero-order valence-electron chi connectivity index (χ0n) is 17.5. The number of rotatable bonds is 3. The second kappa shape index (κ2) is 7.63. The molecule has 10 heteroatoms. The summed E-state index contributed by atoms with van der Waals surface area (Å²) >= 11 is 0. The van der Waals surface area contributed by atoms with Crippen LogP contribution in [0.25, 0.3) is 0 Å². The number of benzene rings is 1. The molecule has 0 amide bonds. The van der Waals surface area contributed by atoms with Crippen LogP contribution < -0.4 is 0 Å². The molecule has 178 valence electrons. The highest BCUT2D eigenvalue weighted by molar-refractivity contribution is 7.89. The first-order valence-corrected chi connectivity index (χ1v) is 12.7. The second-order valence-electron chi connectivity index (χ2n) is 9.71. The van der Waals surface area contributed by atoms with Crippen molar-refractivity contribution >= 4 is 10.0 Å². The smallest absolute Gasteiger partial charge is 0.375 e. The van der Waals surface area contributed by atoms with Gasteiger partial charge >= 0.3 is 6.18 Å². The van der Waals surface area contributed by atoms with Gasteiger partial charge in [0.15, 0.2) is 0 Å². The lowest BCUT2D eigenvalue weighted by Gasteiger charge is -2.46. The van der Waals surface area contributed by atoms with Gasteiger partial charge in [-0.1, -0.05) is 6.42 Å². The highest BCUT2D eigenvalue weighted by Gasteiger charge is 2.66. The van der Waals surface area contributed by atoms with E-state index < -0.39 is 56.9 Å². The molecule has 1 saturated heterocycles. The van der Waals surface area contributed by atoms with Crippen LogP contribution >= 0.6 is 0 Å². The summed E-state index contributed by atoms with van der Waals surface area (Å²) in [7, 11) is -4.00. The first-order valence-electron chi connectivity index (χ1n) is 11.2. The van der Waals surface area contributed by atoms with Gasteiger partial charge in [-0.15, -0.1) is 0 Å². The number of nitrogens with zero attached hydrogens (tertiary/aromatic N) is 1. The molecule has 4 aliphatic rings. The molecule has 0 aromatic heterocycles. The Morgan fingerprint density at radius 1 is 1.12 bits per heavy atom. The van der Waals surface area contributed by atoms with Crippen molar-refractivity contribution in [3.63, 3.8) is 0 Å². The van der Waals surface area contributed by atoms with Crippen LogP contribution in [-0.4, -0.2) is 49.4 Å². The van der Waals surface area contributed by atoms with E-state index in [0.29, 0.717) is 19.3 Å². The van der Waals surface area contributed by atoms with Crippen LogP contribution in [0.3, 0.4) is 0 Å². The fraction of sp³-hybridized carbons (Fsp3) is 0.727. The van der Waals surface area contributed by atoms with Crippen LogP contribution in [0.1, 0.15) is 50.5 Å². The quantitative estimate of drug-likeness (QED) is 0.599. The molecule has 1 aromatic rings. The summed E-state index contributed by atoms with van der Waals surface area (Å²) in [5.74, 6) is -2.91. The lowest BCUT2D eigenvalue weighted by molar-refractivity contribution is -0.181. The number of morpholine rings is 1. The van der Waals surface area contributed by atoms with E-state index in [1.54, 1.807) is 0 Å². The molecule has 6 atom stereocenters. The number of ether oxygens (including phenoxy) is 1. The molecule has 1 heterocycles. The largest absolute Gasteiger partial charge is 0.391 e. The summed E-state index contributed by atoms with van der Waals surface area (Å²) in [6.45, 7) is 0.263. The van der Waals surface area contributed by atoms with Crippen LogP contribution in [0.15, 0.2) is 18.2 Å². The van der Waals surface area contributed by atoms with E-state index in [0.717, 1.165) is 12.1 Å². The number of sulfonamides is 1. The minimum Gasteiger partial charge on any atom is -0.375 e. The zero-order chi connectivity index (χ0) is 22.9. The van der Waals surface area contributed by atoms with E-state index in [-0.39, 0.29) is 50.0 Å². The highest BCUT2D eigenvalue weighted by atomic mass is 32.2. The molecule has 3 aliphatic carbocycles. The Hall–Kier alpha value is -1.26. The van der Waals surface area contributed by atoms with Gasteiger partial charge < -0.3 is 4.74 Å². The molecule has 3 saturated carbocycles. The van der Waals surface area contributed by atoms with Gasteiger partial charge in [-0.3, -0.25) is 0 Å². The Bertz CT molecular complexity index is 1000. The van der Waals surface area contributed by atoms with Gasteiger partial charge in [-0.05, 0) is 68.2 Å². The molecule has 1 aromatic carbocycles. The Kier molecular flexibility index (Phi) is 5.37. The van der Waals surface area contributed by atoms with Crippen molar-refractivity contribution in [1.82, 2.24) is 4.31 Å². The molecule has 4 nitrogen and oxygen atoms in total. The van der Waals surface area contributed by atoms with Crippen molar-refractivity contribution in [1.29, 1.82) is 0 Å². The first-order chi connectivity index (χ1) is 15.0. The number of hydrogen-bond acceptors (Lipinski definition) is 3. The maximum atomic E-state index is 14.6. The van der Waals surface area contributed by atoms with Gasteiger partial charge in [0.25, 0.3) is 0 Å². The number of fused-ring (bicyclic) bond motifs is 3. The zero-order valence-corrected chi connectivity index (χ0v) is 18.3. The average molecular weight is 480 g/mol. The van der Waals surface area contributed by atoms with Gasteiger partial charge in [0.1, 0.15) is 11.6 Å². The van der Waals surface area contributed by atoms with Crippen molar-refractivity contribution in [3.05, 3.63) is 35.4 Å². The van der Waals surface area contributed by atoms with E-state index in [2.05, 4.69) is 0 Å². The molecule has 5 rings (SSSR count). The standard InChI is InChI=1S/C22H26F5NO3S/c23-14-4-5-18(24)16(11-14)21-7-6-19-20(17(21)12-21)28(8-9-31-19)32(29,30)15-3-1-2-13(10-15)22(25,26)27/h4-5,11,13,15,17,19-20H,1-3,6-10,12H2/t13?,15-,17-,19?,20?,21?/m1/s1. The molecule has 32 heavy (non-hydrogen) atoms. The summed E-state index contributed by atoms with van der Waals surface area (Å²) in [6.07, 6.45) is -3.26. The number of halogens is 5. The summed E-state index contributed by atoms with van der Waals surface area (Å²) in [6, 6.07) is 2.77.